The fourth-order valence-corrected chi connectivity index (χ4v) is 2.55. The third-order valence-electron chi connectivity index (χ3n) is 4.29. The van der Waals surface area contributed by atoms with E-state index in [9.17, 15) is 4.79 Å². The zero-order valence-corrected chi connectivity index (χ0v) is 24.5. The zero-order chi connectivity index (χ0) is 29.4. The SMILES string of the molecule is CC(C)(C)OC(=O)NCCOCCOCCOCCOCCOCCOCCOCCOCCOCCN=[N+]=[N-]. The molecule has 0 aliphatic heterocycles. The molecule has 0 heterocycles. The highest BCUT2D eigenvalue weighted by molar-refractivity contribution is 5.67. The molecule has 0 aromatic heterocycles. The first-order valence-electron chi connectivity index (χ1n) is 13.6. The number of carbonyl (C=O) groups excluding carboxylic acids is 1. The summed E-state index contributed by atoms with van der Waals surface area (Å²) in [6.45, 7) is 14.6. The van der Waals surface area contributed by atoms with Crippen molar-refractivity contribution in [3.8, 4) is 0 Å². The van der Waals surface area contributed by atoms with Gasteiger partial charge in [-0.15, -0.1) is 0 Å². The normalized spacial score (nSPS) is 11.4. The second-order valence-corrected chi connectivity index (χ2v) is 8.89. The van der Waals surface area contributed by atoms with Crippen LogP contribution in [0.15, 0.2) is 5.11 Å². The Balaban J connectivity index is 3.10. The van der Waals surface area contributed by atoms with E-state index in [0.717, 1.165) is 0 Å². The first-order valence-corrected chi connectivity index (χ1v) is 13.6. The van der Waals surface area contributed by atoms with Gasteiger partial charge in [0.05, 0.1) is 119 Å². The lowest BCUT2D eigenvalue weighted by Crippen LogP contribution is -2.34. The molecule has 0 radical (unpaired) electrons. The molecular weight excluding hydrogens is 532 g/mol. The molecule has 0 aromatic carbocycles. The first kappa shape index (κ1) is 38.2. The predicted molar refractivity (Wildman–Crippen MR) is 146 cm³/mol. The van der Waals surface area contributed by atoms with E-state index in [2.05, 4.69) is 15.3 Å². The summed E-state index contributed by atoms with van der Waals surface area (Å²) in [5, 5.41) is 5.99. The van der Waals surface area contributed by atoms with Crippen molar-refractivity contribution in [2.45, 2.75) is 26.4 Å². The Labute approximate surface area is 237 Å². The minimum absolute atomic E-state index is 0.325. The fraction of sp³-hybridized carbons (Fsp3) is 0.960. The average Bonchev–Trinajstić information content (AvgIpc) is 2.90. The summed E-state index contributed by atoms with van der Waals surface area (Å²) in [7, 11) is 0. The third kappa shape index (κ3) is 34.2. The van der Waals surface area contributed by atoms with Gasteiger partial charge in [0.2, 0.25) is 0 Å². The summed E-state index contributed by atoms with van der Waals surface area (Å²) in [5.41, 5.74) is 7.61. The van der Waals surface area contributed by atoms with Crippen molar-refractivity contribution < 1.29 is 52.2 Å². The van der Waals surface area contributed by atoms with E-state index in [1.807, 2.05) is 20.8 Å². The minimum Gasteiger partial charge on any atom is -0.444 e. The zero-order valence-electron chi connectivity index (χ0n) is 24.5. The van der Waals surface area contributed by atoms with Crippen LogP contribution in [0.3, 0.4) is 0 Å². The molecule has 0 saturated carbocycles. The molecule has 0 aromatic rings. The summed E-state index contributed by atoms with van der Waals surface area (Å²) in [5.74, 6) is 0. The summed E-state index contributed by atoms with van der Waals surface area (Å²) in [4.78, 5) is 14.1. The number of alkyl carbamates (subject to hydrolysis) is 1. The van der Waals surface area contributed by atoms with Gasteiger partial charge in [-0.25, -0.2) is 4.79 Å². The van der Waals surface area contributed by atoms with Crippen molar-refractivity contribution in [2.24, 2.45) is 5.11 Å². The van der Waals surface area contributed by atoms with Gasteiger partial charge < -0.3 is 52.7 Å². The van der Waals surface area contributed by atoms with Crippen LogP contribution >= 0.6 is 0 Å². The lowest BCUT2D eigenvalue weighted by molar-refractivity contribution is -0.0248. The fourth-order valence-electron chi connectivity index (χ4n) is 2.55. The van der Waals surface area contributed by atoms with Gasteiger partial charge in [-0.3, -0.25) is 0 Å². The Bertz CT molecular complexity index is 606. The maximum atomic E-state index is 11.5. The molecule has 0 bridgehead atoms. The minimum atomic E-state index is -0.511. The van der Waals surface area contributed by atoms with Gasteiger partial charge >= 0.3 is 6.09 Å². The number of hydrogen-bond donors (Lipinski definition) is 1. The molecule has 15 nitrogen and oxygen atoms in total. The third-order valence-corrected chi connectivity index (χ3v) is 4.29. The highest BCUT2D eigenvalue weighted by Crippen LogP contribution is 2.06. The molecule has 0 saturated heterocycles. The second kappa shape index (κ2) is 30.2. The molecule has 0 fully saturated rings. The molecule has 0 aliphatic rings. The Hall–Kier alpha value is -1.78. The summed E-state index contributed by atoms with van der Waals surface area (Å²) >= 11 is 0. The predicted octanol–water partition coefficient (Wildman–Crippen LogP) is 1.97. The number of azide groups is 1. The van der Waals surface area contributed by atoms with E-state index in [4.69, 9.17) is 52.9 Å². The molecule has 0 atom stereocenters. The monoisotopic (exact) mass is 582 g/mol. The van der Waals surface area contributed by atoms with E-state index in [1.165, 1.54) is 0 Å². The smallest absolute Gasteiger partial charge is 0.407 e. The molecule has 0 spiro atoms. The highest BCUT2D eigenvalue weighted by atomic mass is 16.6. The summed E-state index contributed by atoms with van der Waals surface area (Å²) < 4.78 is 53.6. The number of ether oxygens (including phenoxy) is 10. The van der Waals surface area contributed by atoms with Crippen molar-refractivity contribution in [1.82, 2.24) is 5.32 Å². The highest BCUT2D eigenvalue weighted by Gasteiger charge is 2.15. The van der Waals surface area contributed by atoms with Crippen molar-refractivity contribution in [2.75, 3.05) is 132 Å². The van der Waals surface area contributed by atoms with Crippen molar-refractivity contribution in [3.05, 3.63) is 10.4 Å². The Morgan fingerprint density at radius 2 is 0.875 bits per heavy atom. The molecule has 40 heavy (non-hydrogen) atoms. The molecule has 0 aliphatic carbocycles. The van der Waals surface area contributed by atoms with Gasteiger partial charge in [-0.2, -0.15) is 0 Å². The van der Waals surface area contributed by atoms with Crippen LogP contribution in [0, 0.1) is 0 Å². The van der Waals surface area contributed by atoms with Gasteiger partial charge in [0, 0.05) is 18.0 Å². The Kier molecular flexibility index (Phi) is 28.8. The topological polar surface area (TPSA) is 170 Å². The summed E-state index contributed by atoms with van der Waals surface area (Å²) in [6.07, 6.45) is -0.454. The molecule has 0 unspecified atom stereocenters. The van der Waals surface area contributed by atoms with Crippen LogP contribution in [-0.2, 0) is 47.4 Å². The van der Waals surface area contributed by atoms with E-state index in [-0.39, 0.29) is 0 Å². The van der Waals surface area contributed by atoms with E-state index in [0.29, 0.717) is 132 Å². The van der Waals surface area contributed by atoms with Crippen LogP contribution in [0.4, 0.5) is 4.79 Å². The Morgan fingerprint density at radius 1 is 0.575 bits per heavy atom. The number of hydrogen-bond acceptors (Lipinski definition) is 12. The van der Waals surface area contributed by atoms with E-state index >= 15 is 0 Å². The number of carbonyl (C=O) groups is 1. The molecule has 15 heteroatoms. The number of nitrogens with zero attached hydrogens (tertiary/aromatic N) is 3. The lowest BCUT2D eigenvalue weighted by atomic mass is 10.2. The maximum Gasteiger partial charge on any atom is 0.407 e. The summed E-state index contributed by atoms with van der Waals surface area (Å²) in [6, 6.07) is 0. The molecule has 1 amide bonds. The molecule has 236 valence electrons. The number of rotatable bonds is 30. The van der Waals surface area contributed by atoms with Crippen LogP contribution in [0.1, 0.15) is 20.8 Å². The number of amides is 1. The molecule has 1 N–H and O–H groups in total. The maximum absolute atomic E-state index is 11.5. The van der Waals surface area contributed by atoms with Crippen molar-refractivity contribution >= 4 is 6.09 Å². The van der Waals surface area contributed by atoms with Crippen LogP contribution in [-0.4, -0.2) is 144 Å². The van der Waals surface area contributed by atoms with Crippen molar-refractivity contribution in [1.29, 1.82) is 0 Å². The van der Waals surface area contributed by atoms with Crippen LogP contribution in [0.25, 0.3) is 10.4 Å². The molecular formula is C25H50N4O11. The largest absolute Gasteiger partial charge is 0.444 e. The average molecular weight is 583 g/mol. The first-order chi connectivity index (χ1) is 19.5. The van der Waals surface area contributed by atoms with Gasteiger partial charge in [-0.1, -0.05) is 5.11 Å². The van der Waals surface area contributed by atoms with Crippen LogP contribution in [0.2, 0.25) is 0 Å². The van der Waals surface area contributed by atoms with Crippen LogP contribution in [0.5, 0.6) is 0 Å². The molecule has 0 rings (SSSR count). The number of nitrogens with one attached hydrogen (secondary N) is 1. The van der Waals surface area contributed by atoms with Gasteiger partial charge in [0.15, 0.2) is 0 Å². The van der Waals surface area contributed by atoms with Crippen LogP contribution < -0.4 is 5.32 Å². The van der Waals surface area contributed by atoms with Gasteiger partial charge in [-0.05, 0) is 26.3 Å². The van der Waals surface area contributed by atoms with E-state index in [1.54, 1.807) is 0 Å². The van der Waals surface area contributed by atoms with E-state index < -0.39 is 11.7 Å². The van der Waals surface area contributed by atoms with Crippen molar-refractivity contribution in [3.63, 3.8) is 0 Å². The Morgan fingerprint density at radius 3 is 1.18 bits per heavy atom. The quantitative estimate of drug-likeness (QED) is 0.0568. The standard InChI is InChI=1S/C25H50N4O11/c1-25(2,3)40-24(30)27-4-6-31-8-10-33-12-14-35-16-18-37-20-22-39-23-21-38-19-17-36-15-13-34-11-9-32-7-5-28-29-26/h4-23H2,1-3H3,(H,27,30). The van der Waals surface area contributed by atoms with Gasteiger partial charge in [0.25, 0.3) is 0 Å². The second-order valence-electron chi connectivity index (χ2n) is 8.89. The van der Waals surface area contributed by atoms with Gasteiger partial charge in [0.1, 0.15) is 5.60 Å². The lowest BCUT2D eigenvalue weighted by Gasteiger charge is -2.19.